The van der Waals surface area contributed by atoms with E-state index in [9.17, 15) is 9.90 Å². The number of ether oxygens (including phenoxy) is 1. The van der Waals surface area contributed by atoms with E-state index < -0.39 is 11.6 Å². The number of esters is 1. The Morgan fingerprint density at radius 3 is 2.70 bits per heavy atom. The summed E-state index contributed by atoms with van der Waals surface area (Å²) in [5.41, 5.74) is -0.386. The third kappa shape index (κ3) is 3.15. The zero-order valence-electron chi connectivity index (χ0n) is 11.7. The van der Waals surface area contributed by atoms with Gasteiger partial charge >= 0.3 is 5.97 Å². The molecule has 4 heteroatoms. The van der Waals surface area contributed by atoms with E-state index in [2.05, 4.69) is 28.3 Å². The first-order valence-corrected chi connectivity index (χ1v) is 6.53. The van der Waals surface area contributed by atoms with Crippen LogP contribution in [-0.2, 0) is 16.1 Å². The number of aliphatic hydroxyl groups is 1. The maximum Gasteiger partial charge on any atom is 0.338 e. The van der Waals surface area contributed by atoms with Gasteiger partial charge in [0.25, 0.3) is 0 Å². The Hall–Kier alpha value is -1.91. The minimum atomic E-state index is -1.51. The first-order valence-electron chi connectivity index (χ1n) is 6.53. The molecular formula is C16H19NO3. The van der Waals surface area contributed by atoms with E-state index in [1.807, 2.05) is 24.3 Å². The van der Waals surface area contributed by atoms with Gasteiger partial charge in [0.2, 0.25) is 0 Å². The van der Waals surface area contributed by atoms with Crippen LogP contribution in [0.5, 0.6) is 0 Å². The fourth-order valence-electron chi connectivity index (χ4n) is 2.18. The lowest BCUT2D eigenvalue weighted by molar-refractivity contribution is -0.159. The minimum absolute atomic E-state index is 0.142. The Bertz CT molecular complexity index is 602. The molecule has 0 saturated heterocycles. The third-order valence-electron chi connectivity index (χ3n) is 3.29. The molecular weight excluding hydrogens is 254 g/mol. The van der Waals surface area contributed by atoms with Crippen molar-refractivity contribution in [1.29, 1.82) is 0 Å². The average molecular weight is 273 g/mol. The van der Waals surface area contributed by atoms with Gasteiger partial charge < -0.3 is 15.2 Å². The van der Waals surface area contributed by atoms with Crippen molar-refractivity contribution in [3.63, 3.8) is 0 Å². The molecule has 0 saturated carbocycles. The van der Waals surface area contributed by atoms with Crippen LogP contribution in [0.15, 0.2) is 42.5 Å². The molecule has 2 rings (SSSR count). The summed E-state index contributed by atoms with van der Waals surface area (Å²) in [5, 5.41) is 15.4. The Morgan fingerprint density at radius 2 is 1.95 bits per heavy atom. The van der Waals surface area contributed by atoms with Crippen molar-refractivity contribution in [2.24, 2.45) is 0 Å². The summed E-state index contributed by atoms with van der Waals surface area (Å²) >= 11 is 0. The predicted molar refractivity (Wildman–Crippen MR) is 78.3 cm³/mol. The van der Waals surface area contributed by atoms with Crippen molar-refractivity contribution in [2.45, 2.75) is 19.1 Å². The SMILES string of the molecule is COC(=O)C(C)(O)CNCc1cccc2ccccc12. The van der Waals surface area contributed by atoms with Crippen LogP contribution in [0.25, 0.3) is 10.8 Å². The number of benzene rings is 2. The molecule has 2 N–H and O–H groups in total. The molecule has 0 spiro atoms. The minimum Gasteiger partial charge on any atom is -0.467 e. The van der Waals surface area contributed by atoms with Crippen molar-refractivity contribution in [3.8, 4) is 0 Å². The Labute approximate surface area is 118 Å². The Balaban J connectivity index is 2.05. The Kier molecular flexibility index (Phi) is 4.37. The second kappa shape index (κ2) is 6.03. The van der Waals surface area contributed by atoms with Gasteiger partial charge in [-0.1, -0.05) is 42.5 Å². The summed E-state index contributed by atoms with van der Waals surface area (Å²) in [6.45, 7) is 2.16. The molecule has 0 heterocycles. The van der Waals surface area contributed by atoms with Crippen LogP contribution in [0.2, 0.25) is 0 Å². The predicted octanol–water partition coefficient (Wildman–Crippen LogP) is 1.85. The molecule has 2 aromatic carbocycles. The second-order valence-electron chi connectivity index (χ2n) is 5.01. The summed E-state index contributed by atoms with van der Waals surface area (Å²) in [6, 6.07) is 14.2. The normalized spacial score (nSPS) is 13.9. The monoisotopic (exact) mass is 273 g/mol. The van der Waals surface area contributed by atoms with Gasteiger partial charge in [-0.05, 0) is 23.3 Å². The molecule has 0 fully saturated rings. The molecule has 1 atom stereocenters. The number of carbonyl (C=O) groups excluding carboxylic acids is 1. The first-order chi connectivity index (χ1) is 9.54. The van der Waals surface area contributed by atoms with Crippen molar-refractivity contribution in [2.75, 3.05) is 13.7 Å². The first kappa shape index (κ1) is 14.5. The lowest BCUT2D eigenvalue weighted by Crippen LogP contribution is -2.45. The molecule has 0 aliphatic heterocycles. The van der Waals surface area contributed by atoms with Gasteiger partial charge in [-0.2, -0.15) is 0 Å². The summed E-state index contributed by atoms with van der Waals surface area (Å²) in [5.74, 6) is -0.636. The maximum atomic E-state index is 11.4. The summed E-state index contributed by atoms with van der Waals surface area (Å²) in [4.78, 5) is 11.4. The highest BCUT2D eigenvalue weighted by Crippen LogP contribution is 2.18. The number of rotatable bonds is 5. The largest absolute Gasteiger partial charge is 0.467 e. The molecule has 0 aliphatic rings. The second-order valence-corrected chi connectivity index (χ2v) is 5.01. The molecule has 20 heavy (non-hydrogen) atoms. The molecule has 4 nitrogen and oxygen atoms in total. The van der Waals surface area contributed by atoms with Crippen LogP contribution in [0.4, 0.5) is 0 Å². The number of carbonyl (C=O) groups is 1. The molecule has 106 valence electrons. The standard InChI is InChI=1S/C16H19NO3/c1-16(19,15(18)20-2)11-17-10-13-8-5-7-12-6-3-4-9-14(12)13/h3-9,17,19H,10-11H2,1-2H3. The molecule has 2 aromatic rings. The lowest BCUT2D eigenvalue weighted by atomic mass is 10.0. The summed E-state index contributed by atoms with van der Waals surface area (Å²) < 4.78 is 4.56. The highest BCUT2D eigenvalue weighted by Gasteiger charge is 2.30. The van der Waals surface area contributed by atoms with E-state index in [0.717, 1.165) is 5.56 Å². The molecule has 0 radical (unpaired) electrons. The van der Waals surface area contributed by atoms with E-state index in [1.165, 1.54) is 24.8 Å². The molecule has 0 aromatic heterocycles. The van der Waals surface area contributed by atoms with E-state index in [4.69, 9.17) is 0 Å². The van der Waals surface area contributed by atoms with Gasteiger partial charge in [-0.25, -0.2) is 4.79 Å². The van der Waals surface area contributed by atoms with E-state index in [1.54, 1.807) is 0 Å². The van der Waals surface area contributed by atoms with Gasteiger partial charge in [0.1, 0.15) is 0 Å². The molecule has 0 amide bonds. The van der Waals surface area contributed by atoms with Crippen molar-refractivity contribution < 1.29 is 14.6 Å². The van der Waals surface area contributed by atoms with Crippen LogP contribution in [-0.4, -0.2) is 30.3 Å². The number of fused-ring (bicyclic) bond motifs is 1. The van der Waals surface area contributed by atoms with Crippen molar-refractivity contribution in [3.05, 3.63) is 48.0 Å². The Morgan fingerprint density at radius 1 is 1.25 bits per heavy atom. The smallest absolute Gasteiger partial charge is 0.338 e. The molecule has 0 aliphatic carbocycles. The summed E-state index contributed by atoms with van der Waals surface area (Å²) in [6.07, 6.45) is 0. The third-order valence-corrected chi connectivity index (χ3v) is 3.29. The number of hydrogen-bond donors (Lipinski definition) is 2. The van der Waals surface area contributed by atoms with E-state index in [0.29, 0.717) is 6.54 Å². The number of nitrogens with one attached hydrogen (secondary N) is 1. The fraction of sp³-hybridized carbons (Fsp3) is 0.312. The van der Waals surface area contributed by atoms with Gasteiger partial charge in [0.05, 0.1) is 7.11 Å². The van der Waals surface area contributed by atoms with Gasteiger partial charge in [0, 0.05) is 13.1 Å². The average Bonchev–Trinajstić information content (AvgIpc) is 2.46. The molecule has 1 unspecified atom stereocenters. The van der Waals surface area contributed by atoms with Crippen LogP contribution in [0, 0.1) is 0 Å². The molecule has 0 bridgehead atoms. The topological polar surface area (TPSA) is 58.6 Å². The van der Waals surface area contributed by atoms with Gasteiger partial charge in [-0.3, -0.25) is 0 Å². The maximum absolute atomic E-state index is 11.4. The lowest BCUT2D eigenvalue weighted by Gasteiger charge is -2.20. The highest BCUT2D eigenvalue weighted by atomic mass is 16.5. The van der Waals surface area contributed by atoms with Crippen LogP contribution in [0.3, 0.4) is 0 Å². The van der Waals surface area contributed by atoms with E-state index in [-0.39, 0.29) is 6.54 Å². The highest BCUT2D eigenvalue weighted by molar-refractivity contribution is 5.85. The van der Waals surface area contributed by atoms with Crippen LogP contribution < -0.4 is 5.32 Å². The summed E-state index contributed by atoms with van der Waals surface area (Å²) in [7, 11) is 1.27. The van der Waals surface area contributed by atoms with Crippen LogP contribution in [0.1, 0.15) is 12.5 Å². The zero-order chi connectivity index (χ0) is 14.6. The fourth-order valence-corrected chi connectivity index (χ4v) is 2.18. The number of methoxy groups -OCH3 is 1. The van der Waals surface area contributed by atoms with Crippen LogP contribution >= 0.6 is 0 Å². The van der Waals surface area contributed by atoms with E-state index >= 15 is 0 Å². The quantitative estimate of drug-likeness (QED) is 0.816. The number of hydrogen-bond acceptors (Lipinski definition) is 4. The zero-order valence-corrected chi connectivity index (χ0v) is 11.7. The van der Waals surface area contributed by atoms with Gasteiger partial charge in [-0.15, -0.1) is 0 Å². The van der Waals surface area contributed by atoms with Crippen molar-refractivity contribution in [1.82, 2.24) is 5.32 Å². The van der Waals surface area contributed by atoms with Gasteiger partial charge in [0.15, 0.2) is 5.60 Å². The van der Waals surface area contributed by atoms with Crippen molar-refractivity contribution >= 4 is 16.7 Å².